The summed E-state index contributed by atoms with van der Waals surface area (Å²) in [6.45, 7) is 0. The molecule has 178 valence electrons. The van der Waals surface area contributed by atoms with E-state index in [1.807, 2.05) is 30.3 Å². The van der Waals surface area contributed by atoms with Crippen LogP contribution >= 0.6 is 0 Å². The van der Waals surface area contributed by atoms with Gasteiger partial charge in [0.15, 0.2) is 17.3 Å². The maximum Gasteiger partial charge on any atom is 0.343 e. The molecule has 0 bridgehead atoms. The summed E-state index contributed by atoms with van der Waals surface area (Å²) in [7, 11) is 1.56. The Morgan fingerprint density at radius 1 is 0.889 bits per heavy atom. The number of esters is 1. The van der Waals surface area contributed by atoms with Crippen LogP contribution in [-0.4, -0.2) is 18.9 Å². The lowest BCUT2D eigenvalue weighted by atomic mass is 9.74. The topological polar surface area (TPSA) is 64.6 Å². The van der Waals surface area contributed by atoms with Crippen molar-refractivity contribution in [3.8, 4) is 11.5 Å². The lowest BCUT2D eigenvalue weighted by Crippen LogP contribution is -2.27. The van der Waals surface area contributed by atoms with Gasteiger partial charge < -0.3 is 14.8 Å². The van der Waals surface area contributed by atoms with Gasteiger partial charge >= 0.3 is 5.97 Å². The lowest BCUT2D eigenvalue weighted by Gasteiger charge is -2.35. The zero-order chi connectivity index (χ0) is 24.6. The second kappa shape index (κ2) is 9.00. The molecule has 0 fully saturated rings. The van der Waals surface area contributed by atoms with E-state index in [0.717, 1.165) is 51.7 Å². The average Bonchev–Trinajstić information content (AvgIpc) is 2.92. The molecule has 0 radical (unpaired) electrons. The number of allylic oxidation sites excluding steroid dienone is 2. The van der Waals surface area contributed by atoms with Gasteiger partial charge in [0, 0.05) is 29.3 Å². The molecule has 4 aromatic carbocycles. The van der Waals surface area contributed by atoms with Crippen molar-refractivity contribution >= 4 is 28.2 Å². The second-order valence-corrected chi connectivity index (χ2v) is 9.14. The molecule has 0 amide bonds. The molecule has 2 aliphatic rings. The van der Waals surface area contributed by atoms with Crippen molar-refractivity contribution in [2.45, 2.75) is 25.2 Å². The predicted molar refractivity (Wildman–Crippen MR) is 140 cm³/mol. The Morgan fingerprint density at radius 2 is 1.69 bits per heavy atom. The van der Waals surface area contributed by atoms with Gasteiger partial charge in [0.05, 0.1) is 12.7 Å². The maximum absolute atomic E-state index is 13.3. The van der Waals surface area contributed by atoms with Crippen molar-refractivity contribution in [3.05, 3.63) is 113 Å². The van der Waals surface area contributed by atoms with E-state index < -0.39 is 5.97 Å². The Hall–Kier alpha value is -4.38. The first-order valence-corrected chi connectivity index (χ1v) is 12.1. The van der Waals surface area contributed by atoms with E-state index >= 15 is 0 Å². The molecule has 0 aromatic heterocycles. The van der Waals surface area contributed by atoms with Crippen LogP contribution in [0.3, 0.4) is 0 Å². The van der Waals surface area contributed by atoms with Crippen molar-refractivity contribution in [1.29, 1.82) is 0 Å². The summed E-state index contributed by atoms with van der Waals surface area (Å²) >= 11 is 0. The number of ether oxygens (including phenoxy) is 2. The van der Waals surface area contributed by atoms with Crippen molar-refractivity contribution < 1.29 is 19.1 Å². The highest BCUT2D eigenvalue weighted by molar-refractivity contribution is 6.04. The zero-order valence-electron chi connectivity index (χ0n) is 19.9. The van der Waals surface area contributed by atoms with Crippen molar-refractivity contribution in [2.75, 3.05) is 12.4 Å². The van der Waals surface area contributed by atoms with Crippen LogP contribution in [0.15, 0.2) is 96.2 Å². The van der Waals surface area contributed by atoms with E-state index in [1.54, 1.807) is 37.4 Å². The number of rotatable bonds is 4. The number of benzene rings is 4. The fraction of sp³-hybridized carbons (Fsp3) is 0.161. The lowest BCUT2D eigenvalue weighted by molar-refractivity contribution is -0.116. The molecule has 5 nitrogen and oxygen atoms in total. The molecule has 5 heteroatoms. The van der Waals surface area contributed by atoms with Crippen molar-refractivity contribution in [2.24, 2.45) is 0 Å². The summed E-state index contributed by atoms with van der Waals surface area (Å²) in [5, 5.41) is 5.79. The van der Waals surface area contributed by atoms with Crippen LogP contribution in [0, 0.1) is 0 Å². The molecule has 1 aliphatic carbocycles. The Kier molecular flexibility index (Phi) is 5.53. The molecule has 1 unspecified atom stereocenters. The standard InChI is InChI=1S/C31H25NO4/c1-35-27-18-21(15-17-26(27)36-31(34)20-9-3-2-4-10-20)28-29-22-11-6-5-8-19(22)14-16-24(29)32-23-12-7-13-25(33)30(23)28/h2-6,8-11,14-18,28,32H,7,12-13H2,1H3. The Balaban J connectivity index is 1.48. The van der Waals surface area contributed by atoms with E-state index in [1.165, 1.54) is 0 Å². The van der Waals surface area contributed by atoms with Gasteiger partial charge in [0.1, 0.15) is 0 Å². The minimum absolute atomic E-state index is 0.172. The number of ketones is 1. The van der Waals surface area contributed by atoms with Gasteiger partial charge in [-0.15, -0.1) is 0 Å². The van der Waals surface area contributed by atoms with Gasteiger partial charge in [0.2, 0.25) is 0 Å². The first-order valence-electron chi connectivity index (χ1n) is 12.1. The maximum atomic E-state index is 13.3. The molecule has 1 N–H and O–H groups in total. The Morgan fingerprint density at radius 3 is 2.53 bits per heavy atom. The van der Waals surface area contributed by atoms with Gasteiger partial charge in [-0.2, -0.15) is 0 Å². The van der Waals surface area contributed by atoms with Gasteiger partial charge in [-0.1, -0.05) is 54.6 Å². The number of hydrogen-bond donors (Lipinski definition) is 1. The number of fused-ring (bicyclic) bond motifs is 3. The number of Topliss-reactive ketones (excluding diaryl/α,β-unsaturated/α-hetero) is 1. The SMILES string of the molecule is COc1cc(C2C3=C(CCCC3=O)Nc3ccc4ccccc4c32)ccc1OC(=O)c1ccccc1. The van der Waals surface area contributed by atoms with Crippen LogP contribution in [0.1, 0.15) is 46.7 Å². The largest absolute Gasteiger partial charge is 0.493 e. The van der Waals surface area contributed by atoms with E-state index in [-0.39, 0.29) is 11.7 Å². The van der Waals surface area contributed by atoms with Crippen LogP contribution in [0.2, 0.25) is 0 Å². The van der Waals surface area contributed by atoms with E-state index in [2.05, 4.69) is 29.6 Å². The van der Waals surface area contributed by atoms with Crippen LogP contribution in [0.25, 0.3) is 10.8 Å². The van der Waals surface area contributed by atoms with Crippen LogP contribution in [0.4, 0.5) is 5.69 Å². The summed E-state index contributed by atoms with van der Waals surface area (Å²) in [6, 6.07) is 26.9. The third-order valence-corrected chi connectivity index (χ3v) is 7.02. The molecule has 6 rings (SSSR count). The number of hydrogen-bond acceptors (Lipinski definition) is 5. The minimum Gasteiger partial charge on any atom is -0.493 e. The highest BCUT2D eigenvalue weighted by Gasteiger charge is 2.36. The second-order valence-electron chi connectivity index (χ2n) is 9.14. The van der Waals surface area contributed by atoms with Gasteiger partial charge in [-0.25, -0.2) is 4.79 Å². The van der Waals surface area contributed by atoms with Gasteiger partial charge in [0.25, 0.3) is 0 Å². The predicted octanol–water partition coefficient (Wildman–Crippen LogP) is 6.63. The van der Waals surface area contributed by atoms with Gasteiger partial charge in [-0.3, -0.25) is 4.79 Å². The summed E-state index contributed by atoms with van der Waals surface area (Å²) < 4.78 is 11.3. The summed E-state index contributed by atoms with van der Waals surface area (Å²) in [5.41, 5.74) is 5.31. The van der Waals surface area contributed by atoms with E-state index in [0.29, 0.717) is 23.5 Å². The van der Waals surface area contributed by atoms with Crippen LogP contribution in [-0.2, 0) is 4.79 Å². The normalized spacial score (nSPS) is 16.7. The van der Waals surface area contributed by atoms with Crippen molar-refractivity contribution in [3.63, 3.8) is 0 Å². The average molecular weight is 476 g/mol. The number of carbonyl (C=O) groups excluding carboxylic acids is 2. The highest BCUT2D eigenvalue weighted by Crippen LogP contribution is 2.49. The van der Waals surface area contributed by atoms with Crippen LogP contribution in [0.5, 0.6) is 11.5 Å². The highest BCUT2D eigenvalue weighted by atomic mass is 16.6. The molecule has 0 saturated carbocycles. The van der Waals surface area contributed by atoms with Gasteiger partial charge in [-0.05, 0) is 65.1 Å². The summed E-state index contributed by atoms with van der Waals surface area (Å²) in [6.07, 6.45) is 2.23. The molecular formula is C31H25NO4. The molecular weight excluding hydrogens is 450 g/mol. The molecule has 1 heterocycles. The zero-order valence-corrected chi connectivity index (χ0v) is 19.9. The fourth-order valence-corrected chi connectivity index (χ4v) is 5.37. The summed E-state index contributed by atoms with van der Waals surface area (Å²) in [4.78, 5) is 26.0. The smallest absolute Gasteiger partial charge is 0.343 e. The molecule has 4 aromatic rings. The monoisotopic (exact) mass is 475 g/mol. The quantitative estimate of drug-likeness (QED) is 0.265. The number of carbonyl (C=O) groups is 2. The van der Waals surface area contributed by atoms with E-state index in [4.69, 9.17) is 9.47 Å². The Labute approximate surface area is 209 Å². The third kappa shape index (κ3) is 3.73. The van der Waals surface area contributed by atoms with E-state index in [9.17, 15) is 9.59 Å². The first-order chi connectivity index (χ1) is 17.6. The molecule has 0 spiro atoms. The fourth-order valence-electron chi connectivity index (χ4n) is 5.37. The number of nitrogens with one attached hydrogen (secondary N) is 1. The molecule has 1 aliphatic heterocycles. The number of methoxy groups -OCH3 is 1. The Bertz CT molecular complexity index is 1540. The summed E-state index contributed by atoms with van der Waals surface area (Å²) in [5.74, 6) is 0.259. The minimum atomic E-state index is -0.452. The molecule has 36 heavy (non-hydrogen) atoms. The van der Waals surface area contributed by atoms with Crippen LogP contribution < -0.4 is 14.8 Å². The third-order valence-electron chi connectivity index (χ3n) is 7.02. The first kappa shape index (κ1) is 22.1. The molecule has 1 atom stereocenters. The van der Waals surface area contributed by atoms with Crippen molar-refractivity contribution in [1.82, 2.24) is 0 Å². The number of anilines is 1. The molecule has 0 saturated heterocycles.